The number of benzene rings is 2. The van der Waals surface area contributed by atoms with Crippen LogP contribution in [0.4, 0.5) is 0 Å². The Morgan fingerprint density at radius 3 is 2.44 bits per heavy atom. The van der Waals surface area contributed by atoms with Gasteiger partial charge in [-0.05, 0) is 45.2 Å². The maximum Gasteiger partial charge on any atom is 0.308 e. The van der Waals surface area contributed by atoms with E-state index in [1.54, 1.807) is 26.8 Å². The molecule has 1 saturated carbocycles. The monoisotopic (exact) mass is 459 g/mol. The molecule has 0 bridgehead atoms. The number of para-hydroxylation sites is 1. The first-order valence-electron chi connectivity index (χ1n) is 12.0. The van der Waals surface area contributed by atoms with Gasteiger partial charge in [0.1, 0.15) is 5.60 Å². The van der Waals surface area contributed by atoms with Gasteiger partial charge in [0.2, 0.25) is 0 Å². The lowest BCUT2D eigenvalue weighted by Crippen LogP contribution is -2.27. The van der Waals surface area contributed by atoms with Crippen molar-refractivity contribution in [1.29, 1.82) is 0 Å². The van der Waals surface area contributed by atoms with Crippen molar-refractivity contribution in [3.8, 4) is 11.1 Å². The predicted octanol–water partition coefficient (Wildman–Crippen LogP) is 5.64. The van der Waals surface area contributed by atoms with Crippen LogP contribution in [0.5, 0.6) is 0 Å². The number of carbonyl (C=O) groups excluding carboxylic acids is 1. The van der Waals surface area contributed by atoms with Gasteiger partial charge in [0.25, 0.3) is 0 Å². The third kappa shape index (κ3) is 6.10. The summed E-state index contributed by atoms with van der Waals surface area (Å²) >= 11 is 0. The van der Waals surface area contributed by atoms with Crippen molar-refractivity contribution in [2.75, 3.05) is 0 Å². The number of aromatic nitrogens is 1. The summed E-state index contributed by atoms with van der Waals surface area (Å²) in [6.07, 6.45) is 3.86. The van der Waals surface area contributed by atoms with Crippen LogP contribution in [0.15, 0.2) is 60.7 Å². The summed E-state index contributed by atoms with van der Waals surface area (Å²) in [6.45, 7) is 5.36. The molecule has 2 N–H and O–H groups in total. The maximum atomic E-state index is 12.0. The second kappa shape index (κ2) is 10.1. The van der Waals surface area contributed by atoms with E-state index in [0.29, 0.717) is 5.92 Å². The molecule has 1 heterocycles. The maximum absolute atomic E-state index is 12.0. The minimum absolute atomic E-state index is 0.0518. The average Bonchev–Trinajstić information content (AvgIpc) is 3.61. The smallest absolute Gasteiger partial charge is 0.308 e. The first-order chi connectivity index (χ1) is 16.2. The summed E-state index contributed by atoms with van der Waals surface area (Å²) in [6, 6.07) is 18.4. The minimum atomic E-state index is -0.985. The summed E-state index contributed by atoms with van der Waals surface area (Å²) in [7, 11) is 0. The summed E-state index contributed by atoms with van der Waals surface area (Å²) in [5, 5.41) is 22.0. The van der Waals surface area contributed by atoms with Gasteiger partial charge in [0.15, 0.2) is 0 Å². The Morgan fingerprint density at radius 1 is 1.09 bits per heavy atom. The summed E-state index contributed by atoms with van der Waals surface area (Å²) in [5.41, 5.74) is 4.62. The topological polar surface area (TPSA) is 79.7 Å². The molecule has 1 aromatic heterocycles. The Kier molecular flexibility index (Phi) is 7.15. The van der Waals surface area contributed by atoms with Gasteiger partial charge >= 0.3 is 5.97 Å². The highest BCUT2D eigenvalue weighted by atomic mass is 16.6. The summed E-state index contributed by atoms with van der Waals surface area (Å²) in [5.74, 6) is -0.0566. The highest BCUT2D eigenvalue weighted by molar-refractivity contribution is 5.99. The molecule has 4 rings (SSSR count). The molecule has 178 valence electrons. The Balaban J connectivity index is 1.62. The molecule has 2 aromatic carbocycles. The van der Waals surface area contributed by atoms with Crippen LogP contribution in [0.3, 0.4) is 0 Å². The molecular formula is C29H33NO4. The fourth-order valence-corrected chi connectivity index (χ4v) is 4.22. The van der Waals surface area contributed by atoms with E-state index in [1.165, 1.54) is 0 Å². The molecule has 0 saturated heterocycles. The number of hydrogen-bond donors (Lipinski definition) is 2. The number of fused-ring (bicyclic) bond motifs is 1. The van der Waals surface area contributed by atoms with Gasteiger partial charge in [-0.15, -0.1) is 0 Å². The van der Waals surface area contributed by atoms with E-state index in [4.69, 9.17) is 9.72 Å². The number of aliphatic hydroxyl groups is 2. The van der Waals surface area contributed by atoms with Gasteiger partial charge in [0, 0.05) is 28.9 Å². The molecule has 3 aromatic rings. The fraction of sp³-hybridized carbons (Fsp3) is 0.379. The van der Waals surface area contributed by atoms with Crippen LogP contribution in [0.1, 0.15) is 63.6 Å². The van der Waals surface area contributed by atoms with Crippen molar-refractivity contribution in [2.24, 2.45) is 0 Å². The quantitative estimate of drug-likeness (QED) is 0.427. The van der Waals surface area contributed by atoms with E-state index in [2.05, 4.69) is 18.2 Å². The average molecular weight is 460 g/mol. The molecule has 2 atom stereocenters. The molecule has 1 fully saturated rings. The molecule has 34 heavy (non-hydrogen) atoms. The van der Waals surface area contributed by atoms with Gasteiger partial charge in [-0.3, -0.25) is 9.78 Å². The molecule has 0 spiro atoms. The Hall–Kier alpha value is -3.02. The predicted molar refractivity (Wildman–Crippen MR) is 135 cm³/mol. The van der Waals surface area contributed by atoms with Crippen LogP contribution in [-0.4, -0.2) is 39.0 Å². The number of aliphatic hydroxyl groups excluding tert-OH is 2. The lowest BCUT2D eigenvalue weighted by Gasteiger charge is -2.21. The number of nitrogens with zero attached hydrogens (tertiary/aromatic N) is 1. The molecule has 1 aliphatic carbocycles. The number of hydrogen-bond acceptors (Lipinski definition) is 5. The third-order valence-electron chi connectivity index (χ3n) is 5.81. The van der Waals surface area contributed by atoms with Gasteiger partial charge < -0.3 is 14.9 Å². The molecule has 1 aliphatic rings. The van der Waals surface area contributed by atoms with Crippen molar-refractivity contribution in [3.63, 3.8) is 0 Å². The Bertz CT molecular complexity index is 1180. The Morgan fingerprint density at radius 2 is 1.76 bits per heavy atom. The number of pyridine rings is 1. The van der Waals surface area contributed by atoms with Crippen LogP contribution >= 0.6 is 0 Å². The van der Waals surface area contributed by atoms with Gasteiger partial charge in [-0.25, -0.2) is 0 Å². The van der Waals surface area contributed by atoms with Gasteiger partial charge in [0.05, 0.1) is 29.8 Å². The summed E-state index contributed by atoms with van der Waals surface area (Å²) in [4.78, 5) is 17.0. The molecule has 5 heteroatoms. The van der Waals surface area contributed by atoms with E-state index < -0.39 is 23.8 Å². The van der Waals surface area contributed by atoms with Gasteiger partial charge in [-0.2, -0.15) is 0 Å². The van der Waals surface area contributed by atoms with E-state index in [9.17, 15) is 15.0 Å². The zero-order chi connectivity index (χ0) is 24.3. The molecular weight excluding hydrogens is 426 g/mol. The SMILES string of the molecule is CC(C)(C)OC(=O)C[C@H](O)C[C@H](O)/C=C/c1c(C2CC2)nc2ccccc2c1-c1ccccc1. The second-order valence-corrected chi connectivity index (χ2v) is 10.0. The van der Waals surface area contributed by atoms with Crippen molar-refractivity contribution >= 4 is 22.9 Å². The highest BCUT2D eigenvalue weighted by Crippen LogP contribution is 2.45. The van der Waals surface area contributed by atoms with Crippen LogP contribution in [-0.2, 0) is 9.53 Å². The van der Waals surface area contributed by atoms with E-state index >= 15 is 0 Å². The molecule has 5 nitrogen and oxygen atoms in total. The minimum Gasteiger partial charge on any atom is -0.460 e. The highest BCUT2D eigenvalue weighted by Gasteiger charge is 2.29. The van der Waals surface area contributed by atoms with Gasteiger partial charge in [-0.1, -0.05) is 60.7 Å². The normalized spacial score (nSPS) is 16.0. The fourth-order valence-electron chi connectivity index (χ4n) is 4.22. The zero-order valence-corrected chi connectivity index (χ0v) is 20.1. The number of ether oxygens (including phenoxy) is 1. The van der Waals surface area contributed by atoms with Crippen molar-refractivity contribution in [3.05, 3.63) is 71.9 Å². The lowest BCUT2D eigenvalue weighted by atomic mass is 9.92. The molecule has 0 aliphatic heterocycles. The van der Waals surface area contributed by atoms with E-state index in [0.717, 1.165) is 46.1 Å². The van der Waals surface area contributed by atoms with Crippen LogP contribution in [0.25, 0.3) is 28.1 Å². The third-order valence-corrected chi connectivity index (χ3v) is 5.81. The van der Waals surface area contributed by atoms with E-state index in [-0.39, 0.29) is 12.8 Å². The number of carbonyl (C=O) groups is 1. The van der Waals surface area contributed by atoms with Crippen LogP contribution in [0.2, 0.25) is 0 Å². The molecule has 0 amide bonds. The largest absolute Gasteiger partial charge is 0.460 e. The second-order valence-electron chi connectivity index (χ2n) is 10.0. The van der Waals surface area contributed by atoms with Crippen molar-refractivity contribution in [1.82, 2.24) is 4.98 Å². The summed E-state index contributed by atoms with van der Waals surface area (Å²) < 4.78 is 5.27. The molecule has 0 unspecified atom stereocenters. The van der Waals surface area contributed by atoms with Crippen molar-refractivity contribution in [2.45, 2.75) is 70.2 Å². The standard InChI is InChI=1S/C29H33NO4/c1-29(2,3)34-26(33)18-22(32)17-21(31)15-16-24-27(19-9-5-4-6-10-19)23-11-7-8-12-25(23)30-28(24)20-13-14-20/h4-12,15-16,20-22,31-32H,13-14,17-18H2,1-3H3/b16-15+/t21-,22-/m1/s1. The van der Waals surface area contributed by atoms with Crippen LogP contribution in [0, 0.1) is 0 Å². The number of esters is 1. The first-order valence-corrected chi connectivity index (χ1v) is 12.0. The number of rotatable bonds is 8. The zero-order valence-electron chi connectivity index (χ0n) is 20.1. The lowest BCUT2D eigenvalue weighted by molar-refractivity contribution is -0.157. The van der Waals surface area contributed by atoms with Crippen molar-refractivity contribution < 1.29 is 19.7 Å². The van der Waals surface area contributed by atoms with Crippen LogP contribution < -0.4 is 0 Å². The first kappa shape index (κ1) is 24.1. The van der Waals surface area contributed by atoms with E-state index in [1.807, 2.05) is 42.5 Å². The Labute approximate surface area is 201 Å². The molecule has 0 radical (unpaired) electrons.